The van der Waals surface area contributed by atoms with E-state index in [1.807, 2.05) is 0 Å². The van der Waals surface area contributed by atoms with Crippen molar-refractivity contribution in [3.63, 3.8) is 0 Å². The van der Waals surface area contributed by atoms with E-state index in [9.17, 15) is 20.3 Å². The van der Waals surface area contributed by atoms with Crippen LogP contribution in [0, 0.1) is 10.1 Å². The van der Waals surface area contributed by atoms with E-state index in [0.29, 0.717) is 6.42 Å². The summed E-state index contributed by atoms with van der Waals surface area (Å²) < 4.78 is 1.44. The van der Waals surface area contributed by atoms with Gasteiger partial charge in [-0.15, -0.1) is 0 Å². The zero-order chi connectivity index (χ0) is 13.1. The molecule has 0 saturated heterocycles. The molecular formula is C9H16N4O4. The number of hydrogen-bond acceptors (Lipinski definition) is 6. The van der Waals surface area contributed by atoms with Crippen molar-refractivity contribution >= 4 is 11.6 Å². The van der Waals surface area contributed by atoms with Crippen LogP contribution in [-0.2, 0) is 7.05 Å². The third kappa shape index (κ3) is 2.53. The van der Waals surface area contributed by atoms with E-state index in [-0.39, 0.29) is 24.8 Å². The maximum Gasteiger partial charge on any atom is 0.406 e. The molecule has 3 N–H and O–H groups in total. The van der Waals surface area contributed by atoms with Gasteiger partial charge >= 0.3 is 5.82 Å². The molecule has 17 heavy (non-hydrogen) atoms. The van der Waals surface area contributed by atoms with Crippen molar-refractivity contribution in [1.29, 1.82) is 0 Å². The van der Waals surface area contributed by atoms with Gasteiger partial charge in [0.1, 0.15) is 0 Å². The minimum Gasteiger partial charge on any atom is -0.394 e. The molecule has 0 amide bonds. The van der Waals surface area contributed by atoms with Gasteiger partial charge in [-0.25, -0.2) is 0 Å². The molecule has 1 rings (SSSR count). The van der Waals surface area contributed by atoms with Gasteiger partial charge in [-0.1, -0.05) is 6.92 Å². The van der Waals surface area contributed by atoms with Gasteiger partial charge in [-0.05, 0) is 16.3 Å². The molecule has 0 radical (unpaired) electrons. The standard InChI is InChI=1S/C9H16N4O4/c1-3-9(4-14,5-15)11-8-7(13(16)17)10-6-12(8)2/h6,11,14-15H,3-5H2,1-2H3. The molecule has 0 fully saturated rings. The van der Waals surface area contributed by atoms with Gasteiger partial charge in [-0.2, -0.15) is 0 Å². The summed E-state index contributed by atoms with van der Waals surface area (Å²) in [5.74, 6) is -0.160. The number of aliphatic hydroxyl groups excluding tert-OH is 2. The Morgan fingerprint density at radius 2 is 2.18 bits per heavy atom. The van der Waals surface area contributed by atoms with Crippen LogP contribution in [0.1, 0.15) is 13.3 Å². The molecule has 0 aliphatic carbocycles. The van der Waals surface area contributed by atoms with Gasteiger partial charge in [0.05, 0.1) is 18.8 Å². The predicted octanol–water partition coefficient (Wildman–Crippen LogP) is -0.126. The topological polar surface area (TPSA) is 113 Å². The second-order valence-electron chi connectivity index (χ2n) is 3.86. The molecule has 0 bridgehead atoms. The molecule has 8 heteroatoms. The van der Waals surface area contributed by atoms with Crippen LogP contribution in [0.5, 0.6) is 0 Å². The Balaban J connectivity index is 3.08. The molecule has 8 nitrogen and oxygen atoms in total. The number of nitrogens with one attached hydrogen (secondary N) is 1. The highest BCUT2D eigenvalue weighted by Crippen LogP contribution is 2.26. The van der Waals surface area contributed by atoms with Crippen LogP contribution in [-0.4, -0.2) is 43.4 Å². The summed E-state index contributed by atoms with van der Waals surface area (Å²) in [7, 11) is 1.59. The first kappa shape index (κ1) is 13.4. The number of anilines is 1. The smallest absolute Gasteiger partial charge is 0.394 e. The third-order valence-corrected chi connectivity index (χ3v) is 2.76. The average Bonchev–Trinajstić information content (AvgIpc) is 2.68. The van der Waals surface area contributed by atoms with Gasteiger partial charge in [0.25, 0.3) is 0 Å². The van der Waals surface area contributed by atoms with E-state index in [4.69, 9.17) is 0 Å². The third-order valence-electron chi connectivity index (χ3n) is 2.76. The number of imidazole rings is 1. The Morgan fingerprint density at radius 1 is 1.59 bits per heavy atom. The molecule has 0 saturated carbocycles. The summed E-state index contributed by atoms with van der Waals surface area (Å²) in [5, 5.41) is 32.1. The fraction of sp³-hybridized carbons (Fsp3) is 0.667. The second-order valence-corrected chi connectivity index (χ2v) is 3.86. The molecule has 1 aromatic rings. The number of hydrogen-bond donors (Lipinski definition) is 3. The molecule has 0 aliphatic rings. The van der Waals surface area contributed by atoms with Crippen molar-refractivity contribution in [2.24, 2.45) is 7.05 Å². The van der Waals surface area contributed by atoms with E-state index < -0.39 is 10.5 Å². The lowest BCUT2D eigenvalue weighted by atomic mass is 9.98. The lowest BCUT2D eigenvalue weighted by molar-refractivity contribution is -0.388. The fourth-order valence-corrected chi connectivity index (χ4v) is 1.39. The Bertz CT molecular complexity index is 391. The molecule has 0 spiro atoms. The maximum absolute atomic E-state index is 10.8. The van der Waals surface area contributed by atoms with Crippen LogP contribution in [0.3, 0.4) is 0 Å². The van der Waals surface area contributed by atoms with Crippen molar-refractivity contribution in [1.82, 2.24) is 9.55 Å². The summed E-state index contributed by atoms with van der Waals surface area (Å²) >= 11 is 0. The minimum absolute atomic E-state index is 0.167. The van der Waals surface area contributed by atoms with E-state index in [0.717, 1.165) is 0 Å². The molecule has 1 heterocycles. The predicted molar refractivity (Wildman–Crippen MR) is 60.7 cm³/mol. The highest BCUT2D eigenvalue weighted by molar-refractivity contribution is 5.54. The van der Waals surface area contributed by atoms with Gasteiger partial charge in [0, 0.05) is 7.05 Å². The van der Waals surface area contributed by atoms with E-state index >= 15 is 0 Å². The highest BCUT2D eigenvalue weighted by atomic mass is 16.6. The number of aryl methyl sites for hydroxylation is 1. The first-order valence-corrected chi connectivity index (χ1v) is 5.15. The van der Waals surface area contributed by atoms with Crippen molar-refractivity contribution in [3.05, 3.63) is 16.4 Å². The lowest BCUT2D eigenvalue weighted by Gasteiger charge is -2.30. The zero-order valence-corrected chi connectivity index (χ0v) is 9.75. The van der Waals surface area contributed by atoms with Gasteiger partial charge < -0.3 is 25.6 Å². The zero-order valence-electron chi connectivity index (χ0n) is 9.75. The van der Waals surface area contributed by atoms with E-state index in [2.05, 4.69) is 10.3 Å². The number of rotatable bonds is 6. The van der Waals surface area contributed by atoms with E-state index in [1.54, 1.807) is 14.0 Å². The summed E-state index contributed by atoms with van der Waals surface area (Å²) in [6.45, 7) is 1.10. The maximum atomic E-state index is 10.8. The van der Waals surface area contributed by atoms with Crippen LogP contribution >= 0.6 is 0 Å². The summed E-state index contributed by atoms with van der Waals surface area (Å²) in [6, 6.07) is 0. The van der Waals surface area contributed by atoms with Gasteiger partial charge in [-0.3, -0.25) is 4.57 Å². The van der Waals surface area contributed by atoms with Crippen LogP contribution in [0.25, 0.3) is 0 Å². The largest absolute Gasteiger partial charge is 0.406 e. The van der Waals surface area contributed by atoms with Crippen LogP contribution in [0.15, 0.2) is 6.33 Å². The number of aromatic nitrogens is 2. The van der Waals surface area contributed by atoms with Crippen molar-refractivity contribution in [2.75, 3.05) is 18.5 Å². The van der Waals surface area contributed by atoms with Gasteiger partial charge in [0.15, 0.2) is 0 Å². The molecule has 0 aromatic carbocycles. The number of nitro groups is 1. The Morgan fingerprint density at radius 3 is 2.59 bits per heavy atom. The molecule has 0 atom stereocenters. The normalized spacial score (nSPS) is 11.5. The summed E-state index contributed by atoms with van der Waals surface area (Å²) in [4.78, 5) is 13.8. The quantitative estimate of drug-likeness (QED) is 0.474. The van der Waals surface area contributed by atoms with Crippen LogP contribution in [0.2, 0.25) is 0 Å². The fourth-order valence-electron chi connectivity index (χ4n) is 1.39. The lowest BCUT2D eigenvalue weighted by Crippen LogP contribution is -2.45. The first-order valence-electron chi connectivity index (χ1n) is 5.15. The summed E-state index contributed by atoms with van der Waals surface area (Å²) in [6.07, 6.45) is 1.72. The number of nitrogens with zero attached hydrogens (tertiary/aromatic N) is 3. The Labute approximate surface area is 98.1 Å². The van der Waals surface area contributed by atoms with Crippen molar-refractivity contribution in [3.8, 4) is 0 Å². The number of aliphatic hydroxyl groups is 2. The minimum atomic E-state index is -0.988. The second kappa shape index (κ2) is 5.11. The average molecular weight is 244 g/mol. The Hall–Kier alpha value is -1.67. The first-order chi connectivity index (χ1) is 7.99. The highest BCUT2D eigenvalue weighted by Gasteiger charge is 2.31. The van der Waals surface area contributed by atoms with Crippen molar-refractivity contribution < 1.29 is 15.1 Å². The van der Waals surface area contributed by atoms with E-state index in [1.165, 1.54) is 10.9 Å². The molecular weight excluding hydrogens is 228 g/mol. The Kier molecular flexibility index (Phi) is 4.02. The van der Waals surface area contributed by atoms with Crippen LogP contribution < -0.4 is 5.32 Å². The van der Waals surface area contributed by atoms with Crippen LogP contribution in [0.4, 0.5) is 11.6 Å². The molecule has 1 aromatic heterocycles. The van der Waals surface area contributed by atoms with Gasteiger partial charge in [0.2, 0.25) is 12.1 Å². The summed E-state index contributed by atoms with van der Waals surface area (Å²) in [5.41, 5.74) is -0.988. The van der Waals surface area contributed by atoms with Crippen molar-refractivity contribution in [2.45, 2.75) is 18.9 Å². The molecule has 96 valence electrons. The molecule has 0 aliphatic heterocycles. The molecule has 0 unspecified atom stereocenters. The monoisotopic (exact) mass is 244 g/mol. The SMILES string of the molecule is CCC(CO)(CO)Nc1c([N+](=O)[O-])ncn1C.